The van der Waals surface area contributed by atoms with Crippen molar-refractivity contribution in [1.82, 2.24) is 4.90 Å². The van der Waals surface area contributed by atoms with E-state index < -0.39 is 26.9 Å². The number of methoxy groups -OCH3 is 1. The Balaban J connectivity index is 2.30. The minimum Gasteiger partial charge on any atom is -0.469 e. The van der Waals surface area contributed by atoms with E-state index in [2.05, 4.69) is 0 Å². The Kier molecular flexibility index (Phi) is 6.83. The van der Waals surface area contributed by atoms with E-state index in [9.17, 15) is 28.1 Å². The number of piperidine rings is 1. The van der Waals surface area contributed by atoms with Crippen LogP contribution in [0.25, 0.3) is 0 Å². The Morgan fingerprint density at radius 1 is 1.31 bits per heavy atom. The van der Waals surface area contributed by atoms with Crippen molar-refractivity contribution in [3.63, 3.8) is 0 Å². The van der Waals surface area contributed by atoms with Gasteiger partial charge in [0.15, 0.2) is 0 Å². The molecule has 1 atom stereocenters. The van der Waals surface area contributed by atoms with Crippen LogP contribution in [0.2, 0.25) is 0 Å². The van der Waals surface area contributed by atoms with Gasteiger partial charge >= 0.3 is 5.97 Å². The molecule has 1 aromatic carbocycles. The molecule has 1 unspecified atom stereocenters. The molecule has 0 spiro atoms. The number of nitro benzene ring substituents is 1. The summed E-state index contributed by atoms with van der Waals surface area (Å²) in [6, 6.07) is 2.79. The van der Waals surface area contributed by atoms with Gasteiger partial charge in [-0.15, -0.1) is 0 Å². The third-order valence-corrected chi connectivity index (χ3v) is 6.28. The number of sulfonamides is 1. The molecule has 0 radical (unpaired) electrons. The number of nitro groups is 1. The van der Waals surface area contributed by atoms with Crippen molar-refractivity contribution in [2.75, 3.05) is 30.8 Å². The van der Waals surface area contributed by atoms with Crippen molar-refractivity contribution in [2.45, 2.75) is 32.7 Å². The van der Waals surface area contributed by atoms with Crippen molar-refractivity contribution in [3.05, 3.63) is 33.9 Å². The van der Waals surface area contributed by atoms with Crippen molar-refractivity contribution < 1.29 is 27.7 Å². The summed E-state index contributed by atoms with van der Waals surface area (Å²) in [4.78, 5) is 36.7. The minimum absolute atomic E-state index is 0.0898. The predicted octanol–water partition coefficient (Wildman–Crippen LogP) is 1.47. The maximum absolute atomic E-state index is 13.0. The largest absolute Gasteiger partial charge is 0.469 e. The monoisotopic (exact) mass is 427 g/mol. The highest BCUT2D eigenvalue weighted by Crippen LogP contribution is 2.30. The number of amides is 1. The summed E-state index contributed by atoms with van der Waals surface area (Å²) in [5.74, 6) is -1.04. The van der Waals surface area contributed by atoms with E-state index in [0.717, 1.165) is 16.6 Å². The van der Waals surface area contributed by atoms with Crippen LogP contribution in [0.1, 0.15) is 25.3 Å². The van der Waals surface area contributed by atoms with Crippen LogP contribution in [0.15, 0.2) is 18.2 Å². The number of hydrogen-bond donors (Lipinski definition) is 0. The molecule has 11 heteroatoms. The standard InChI is InChI=1S/C18H25N3O7S/c1-12-5-6-15(21(24)25)11-16(12)20(29(4,26)27)13(2)17(22)19-9-7-14(8-10-19)18(23)28-3/h5-6,11,13-14H,7-10H2,1-4H3. The molecule has 1 fully saturated rings. The van der Waals surface area contributed by atoms with Crippen LogP contribution in [-0.4, -0.2) is 62.6 Å². The summed E-state index contributed by atoms with van der Waals surface area (Å²) in [6.07, 6.45) is 1.82. The predicted molar refractivity (Wildman–Crippen MR) is 106 cm³/mol. The number of likely N-dealkylation sites (tertiary alicyclic amines) is 1. The number of carbonyl (C=O) groups is 2. The molecule has 160 valence electrons. The van der Waals surface area contributed by atoms with E-state index in [0.29, 0.717) is 31.5 Å². The number of aryl methyl sites for hydroxylation is 1. The van der Waals surface area contributed by atoms with Gasteiger partial charge in [0.25, 0.3) is 5.69 Å². The molecule has 0 aliphatic carbocycles. The zero-order chi connectivity index (χ0) is 21.9. The fourth-order valence-corrected chi connectivity index (χ4v) is 4.71. The zero-order valence-corrected chi connectivity index (χ0v) is 17.6. The summed E-state index contributed by atoms with van der Waals surface area (Å²) in [7, 11) is -2.59. The van der Waals surface area contributed by atoms with Crippen LogP contribution in [0.3, 0.4) is 0 Å². The minimum atomic E-state index is -3.90. The molecule has 0 bridgehead atoms. The van der Waals surface area contributed by atoms with E-state index in [1.807, 2.05) is 0 Å². The van der Waals surface area contributed by atoms with Gasteiger partial charge in [0.05, 0.1) is 29.9 Å². The molecule has 1 saturated heterocycles. The number of carbonyl (C=O) groups excluding carboxylic acids is 2. The number of anilines is 1. The number of benzene rings is 1. The van der Waals surface area contributed by atoms with Gasteiger partial charge in [-0.1, -0.05) is 6.07 Å². The fraction of sp³-hybridized carbons (Fsp3) is 0.556. The van der Waals surface area contributed by atoms with Gasteiger partial charge in [0, 0.05) is 25.2 Å². The maximum atomic E-state index is 13.0. The van der Waals surface area contributed by atoms with E-state index in [-0.39, 0.29) is 23.3 Å². The maximum Gasteiger partial charge on any atom is 0.308 e. The van der Waals surface area contributed by atoms with Crippen LogP contribution in [0.5, 0.6) is 0 Å². The molecule has 2 rings (SSSR count). The molecule has 1 aromatic rings. The Labute approximate surface area is 169 Å². The first-order valence-corrected chi connectivity index (χ1v) is 10.9. The molecule has 1 aliphatic rings. The molecule has 0 N–H and O–H groups in total. The first-order valence-electron chi connectivity index (χ1n) is 9.08. The van der Waals surface area contributed by atoms with Crippen LogP contribution >= 0.6 is 0 Å². The SMILES string of the molecule is COC(=O)C1CCN(C(=O)C(C)N(c2cc([N+](=O)[O-])ccc2C)S(C)(=O)=O)CC1. The van der Waals surface area contributed by atoms with Gasteiger partial charge in [-0.05, 0) is 32.3 Å². The number of non-ortho nitro benzene ring substituents is 1. The highest BCUT2D eigenvalue weighted by molar-refractivity contribution is 7.92. The molecule has 0 aromatic heterocycles. The summed E-state index contributed by atoms with van der Waals surface area (Å²) in [5.41, 5.74) is 0.315. The second-order valence-electron chi connectivity index (χ2n) is 7.09. The summed E-state index contributed by atoms with van der Waals surface area (Å²) in [5, 5.41) is 11.1. The third kappa shape index (κ3) is 5.03. The van der Waals surface area contributed by atoms with Crippen LogP contribution < -0.4 is 4.31 Å². The topological polar surface area (TPSA) is 127 Å². The van der Waals surface area contributed by atoms with Gasteiger partial charge in [-0.3, -0.25) is 24.0 Å². The number of ether oxygens (including phenoxy) is 1. The van der Waals surface area contributed by atoms with Crippen molar-refractivity contribution in [1.29, 1.82) is 0 Å². The number of esters is 1. The number of rotatable bonds is 6. The quantitative estimate of drug-likeness (QED) is 0.382. The fourth-order valence-electron chi connectivity index (χ4n) is 3.49. The normalized spacial score (nSPS) is 16.2. The van der Waals surface area contributed by atoms with Gasteiger partial charge in [-0.25, -0.2) is 8.42 Å². The highest BCUT2D eigenvalue weighted by atomic mass is 32.2. The number of hydrogen-bond acceptors (Lipinski definition) is 7. The third-order valence-electron chi connectivity index (χ3n) is 5.05. The van der Waals surface area contributed by atoms with Gasteiger partial charge in [0.1, 0.15) is 6.04 Å². The molecule has 1 amide bonds. The van der Waals surface area contributed by atoms with Gasteiger partial charge < -0.3 is 9.64 Å². The smallest absolute Gasteiger partial charge is 0.308 e. The van der Waals surface area contributed by atoms with E-state index >= 15 is 0 Å². The van der Waals surface area contributed by atoms with Crippen molar-refractivity contribution in [3.8, 4) is 0 Å². The summed E-state index contributed by atoms with van der Waals surface area (Å²) < 4.78 is 30.6. The highest BCUT2D eigenvalue weighted by Gasteiger charge is 2.36. The second-order valence-corrected chi connectivity index (χ2v) is 8.94. The Bertz CT molecular complexity index is 908. The molecule has 0 saturated carbocycles. The summed E-state index contributed by atoms with van der Waals surface area (Å²) in [6.45, 7) is 3.67. The first-order chi connectivity index (χ1) is 13.5. The van der Waals surface area contributed by atoms with Crippen molar-refractivity contribution >= 4 is 33.3 Å². The Morgan fingerprint density at radius 3 is 2.38 bits per heavy atom. The lowest BCUT2D eigenvalue weighted by Crippen LogP contribution is -2.52. The molecule has 1 aliphatic heterocycles. The lowest BCUT2D eigenvalue weighted by Gasteiger charge is -2.36. The number of nitrogens with zero attached hydrogens (tertiary/aromatic N) is 3. The molecular formula is C18H25N3O7S. The Morgan fingerprint density at radius 2 is 1.90 bits per heavy atom. The van der Waals surface area contributed by atoms with E-state index in [1.165, 1.54) is 31.1 Å². The summed E-state index contributed by atoms with van der Waals surface area (Å²) >= 11 is 0. The second kappa shape index (κ2) is 8.76. The lowest BCUT2D eigenvalue weighted by molar-refractivity contribution is -0.384. The molecular weight excluding hydrogens is 402 g/mol. The van der Waals surface area contributed by atoms with Crippen molar-refractivity contribution in [2.24, 2.45) is 5.92 Å². The lowest BCUT2D eigenvalue weighted by atomic mass is 9.96. The van der Waals surface area contributed by atoms with E-state index in [1.54, 1.807) is 6.92 Å². The van der Waals surface area contributed by atoms with Gasteiger partial charge in [0.2, 0.25) is 15.9 Å². The molecule has 1 heterocycles. The molecule has 29 heavy (non-hydrogen) atoms. The zero-order valence-electron chi connectivity index (χ0n) is 16.8. The van der Waals surface area contributed by atoms with Crippen LogP contribution in [0.4, 0.5) is 11.4 Å². The van der Waals surface area contributed by atoms with Crippen LogP contribution in [0, 0.1) is 23.0 Å². The van der Waals surface area contributed by atoms with Crippen LogP contribution in [-0.2, 0) is 24.3 Å². The average Bonchev–Trinajstić information content (AvgIpc) is 2.67. The Hall–Kier alpha value is -2.69. The average molecular weight is 427 g/mol. The first kappa shape index (κ1) is 22.6. The molecule has 10 nitrogen and oxygen atoms in total. The van der Waals surface area contributed by atoms with E-state index in [4.69, 9.17) is 4.74 Å². The van der Waals surface area contributed by atoms with Gasteiger partial charge in [-0.2, -0.15) is 0 Å².